The quantitative estimate of drug-likeness (QED) is 0.684. The van der Waals surface area contributed by atoms with Gasteiger partial charge in [-0.25, -0.2) is 0 Å². The molecule has 2 aliphatic rings. The summed E-state index contributed by atoms with van der Waals surface area (Å²) in [7, 11) is 0. The van der Waals surface area contributed by atoms with Gasteiger partial charge in [0.15, 0.2) is 0 Å². The number of carbonyl (C=O) groups is 1. The molecule has 1 heterocycles. The highest BCUT2D eigenvalue weighted by Crippen LogP contribution is 2.36. The van der Waals surface area contributed by atoms with Gasteiger partial charge in [0.25, 0.3) is 5.69 Å². The smallest absolute Gasteiger partial charge is 0.272 e. The molecule has 0 spiro atoms. The first kappa shape index (κ1) is 14.0. The van der Waals surface area contributed by atoms with Crippen molar-refractivity contribution < 1.29 is 9.72 Å². The molecule has 3 rings (SSSR count). The Bertz CT molecular complexity index is 598. The molecular weight excluding hydrogens is 270 g/mol. The zero-order valence-electron chi connectivity index (χ0n) is 12.2. The van der Waals surface area contributed by atoms with Crippen LogP contribution in [0.3, 0.4) is 0 Å². The Morgan fingerprint density at radius 3 is 2.67 bits per heavy atom. The number of aryl methyl sites for hydroxylation is 1. The minimum atomic E-state index is -0.368. The SMILES string of the molecule is Cc1ccc(C2NC(C)C(=O)N2C2CCC2)cc1[N+](=O)[O-]. The van der Waals surface area contributed by atoms with E-state index in [4.69, 9.17) is 0 Å². The van der Waals surface area contributed by atoms with E-state index >= 15 is 0 Å². The van der Waals surface area contributed by atoms with E-state index in [0.29, 0.717) is 5.56 Å². The molecule has 21 heavy (non-hydrogen) atoms. The van der Waals surface area contributed by atoms with Gasteiger partial charge in [0.05, 0.1) is 11.0 Å². The molecule has 1 aliphatic carbocycles. The van der Waals surface area contributed by atoms with Crippen LogP contribution in [0.25, 0.3) is 0 Å². The molecule has 1 aliphatic heterocycles. The van der Waals surface area contributed by atoms with Crippen LogP contribution in [-0.4, -0.2) is 27.8 Å². The molecule has 1 aromatic rings. The van der Waals surface area contributed by atoms with Gasteiger partial charge in [-0.05, 0) is 38.7 Å². The summed E-state index contributed by atoms with van der Waals surface area (Å²) in [6.07, 6.45) is 2.93. The maximum Gasteiger partial charge on any atom is 0.272 e. The zero-order chi connectivity index (χ0) is 15.1. The minimum Gasteiger partial charge on any atom is -0.319 e. The summed E-state index contributed by atoms with van der Waals surface area (Å²) in [6, 6.07) is 5.24. The largest absolute Gasteiger partial charge is 0.319 e. The lowest BCUT2D eigenvalue weighted by Crippen LogP contribution is -2.43. The van der Waals surface area contributed by atoms with Crippen LogP contribution in [0.4, 0.5) is 5.69 Å². The second-order valence-corrected chi connectivity index (χ2v) is 5.92. The number of hydrogen-bond donors (Lipinski definition) is 1. The van der Waals surface area contributed by atoms with E-state index in [-0.39, 0.29) is 34.8 Å². The van der Waals surface area contributed by atoms with E-state index in [1.165, 1.54) is 0 Å². The average Bonchev–Trinajstić information content (AvgIpc) is 2.66. The fraction of sp³-hybridized carbons (Fsp3) is 0.533. The van der Waals surface area contributed by atoms with E-state index < -0.39 is 0 Å². The Kier molecular flexibility index (Phi) is 3.41. The van der Waals surface area contributed by atoms with E-state index in [1.807, 2.05) is 17.9 Å². The molecule has 0 bridgehead atoms. The van der Waals surface area contributed by atoms with Crippen molar-refractivity contribution in [1.82, 2.24) is 10.2 Å². The normalized spacial score (nSPS) is 26.0. The van der Waals surface area contributed by atoms with Crippen LogP contribution in [0.1, 0.15) is 43.5 Å². The predicted octanol–water partition coefficient (Wildman–Crippen LogP) is 2.27. The summed E-state index contributed by atoms with van der Waals surface area (Å²) in [5.74, 6) is 0.0907. The summed E-state index contributed by atoms with van der Waals surface area (Å²) in [4.78, 5) is 25.0. The van der Waals surface area contributed by atoms with Gasteiger partial charge < -0.3 is 4.90 Å². The Morgan fingerprint density at radius 1 is 1.38 bits per heavy atom. The first-order chi connectivity index (χ1) is 9.99. The van der Waals surface area contributed by atoms with Gasteiger partial charge in [-0.1, -0.05) is 12.1 Å². The van der Waals surface area contributed by atoms with Gasteiger partial charge in [-0.3, -0.25) is 20.2 Å². The molecule has 2 fully saturated rings. The lowest BCUT2D eigenvalue weighted by atomic mass is 9.90. The average molecular weight is 289 g/mol. The van der Waals surface area contributed by atoms with Crippen LogP contribution in [0.2, 0.25) is 0 Å². The maximum absolute atomic E-state index is 12.3. The molecule has 1 aromatic carbocycles. The first-order valence-electron chi connectivity index (χ1n) is 7.32. The standard InChI is InChI=1S/C15H19N3O3/c1-9-6-7-11(8-13(9)18(20)21)14-16-10(2)15(19)17(14)12-4-3-5-12/h6-8,10,12,14,16H,3-5H2,1-2H3. The van der Waals surface area contributed by atoms with Gasteiger partial charge in [0, 0.05) is 17.7 Å². The third-order valence-electron chi connectivity index (χ3n) is 4.52. The molecule has 112 valence electrons. The van der Waals surface area contributed by atoms with Crippen molar-refractivity contribution in [3.05, 3.63) is 39.4 Å². The zero-order valence-corrected chi connectivity index (χ0v) is 12.2. The molecule has 0 aromatic heterocycles. The number of nitrogens with one attached hydrogen (secondary N) is 1. The first-order valence-corrected chi connectivity index (χ1v) is 7.32. The Labute approximate surface area is 123 Å². The van der Waals surface area contributed by atoms with E-state index in [1.54, 1.807) is 19.1 Å². The van der Waals surface area contributed by atoms with Crippen molar-refractivity contribution in [1.29, 1.82) is 0 Å². The summed E-state index contributed by atoms with van der Waals surface area (Å²) in [5.41, 5.74) is 1.53. The van der Waals surface area contributed by atoms with Gasteiger partial charge in [0.2, 0.25) is 5.91 Å². The molecule has 2 unspecified atom stereocenters. The number of rotatable bonds is 3. The number of benzene rings is 1. The molecule has 1 amide bonds. The van der Waals surface area contributed by atoms with Crippen LogP contribution < -0.4 is 5.32 Å². The molecule has 1 N–H and O–H groups in total. The number of hydrogen-bond acceptors (Lipinski definition) is 4. The van der Waals surface area contributed by atoms with Gasteiger partial charge in [0.1, 0.15) is 6.17 Å². The van der Waals surface area contributed by atoms with Crippen molar-refractivity contribution in [2.45, 2.75) is 51.4 Å². The number of nitro benzene ring substituents is 1. The molecule has 1 saturated heterocycles. The predicted molar refractivity (Wildman–Crippen MR) is 77.7 cm³/mol. The summed E-state index contributed by atoms with van der Waals surface area (Å²) in [6.45, 7) is 3.57. The maximum atomic E-state index is 12.3. The second kappa shape index (κ2) is 5.11. The topological polar surface area (TPSA) is 75.5 Å². The molecule has 0 radical (unpaired) electrons. The van der Waals surface area contributed by atoms with Crippen molar-refractivity contribution in [2.24, 2.45) is 0 Å². The van der Waals surface area contributed by atoms with Gasteiger partial charge in [-0.2, -0.15) is 0 Å². The van der Waals surface area contributed by atoms with Gasteiger partial charge in [-0.15, -0.1) is 0 Å². The lowest BCUT2D eigenvalue weighted by molar-refractivity contribution is -0.385. The fourth-order valence-corrected chi connectivity index (χ4v) is 3.04. The number of carbonyl (C=O) groups excluding carboxylic acids is 1. The van der Waals surface area contributed by atoms with E-state index in [2.05, 4.69) is 5.32 Å². The highest BCUT2D eigenvalue weighted by Gasteiger charge is 2.43. The monoisotopic (exact) mass is 289 g/mol. The molecule has 6 heteroatoms. The van der Waals surface area contributed by atoms with Gasteiger partial charge >= 0.3 is 0 Å². The number of amides is 1. The Hall–Kier alpha value is -1.95. The Balaban J connectivity index is 1.96. The Morgan fingerprint density at radius 2 is 2.10 bits per heavy atom. The molecular formula is C15H19N3O3. The second-order valence-electron chi connectivity index (χ2n) is 5.92. The van der Waals surface area contributed by atoms with Crippen LogP contribution in [-0.2, 0) is 4.79 Å². The number of nitrogens with zero attached hydrogens (tertiary/aromatic N) is 2. The summed E-state index contributed by atoms with van der Waals surface area (Å²) in [5, 5.41) is 14.4. The third-order valence-corrected chi connectivity index (χ3v) is 4.52. The third kappa shape index (κ3) is 2.29. The summed E-state index contributed by atoms with van der Waals surface area (Å²) < 4.78 is 0. The van der Waals surface area contributed by atoms with Crippen LogP contribution in [0, 0.1) is 17.0 Å². The highest BCUT2D eigenvalue weighted by atomic mass is 16.6. The lowest BCUT2D eigenvalue weighted by Gasteiger charge is -2.38. The van der Waals surface area contributed by atoms with E-state index in [9.17, 15) is 14.9 Å². The minimum absolute atomic E-state index is 0.0907. The van der Waals surface area contributed by atoms with Crippen LogP contribution >= 0.6 is 0 Å². The van der Waals surface area contributed by atoms with Crippen LogP contribution in [0.5, 0.6) is 0 Å². The van der Waals surface area contributed by atoms with Crippen molar-refractivity contribution >= 4 is 11.6 Å². The fourth-order valence-electron chi connectivity index (χ4n) is 3.04. The van der Waals surface area contributed by atoms with Crippen molar-refractivity contribution in [3.63, 3.8) is 0 Å². The van der Waals surface area contributed by atoms with Crippen molar-refractivity contribution in [3.8, 4) is 0 Å². The number of nitro groups is 1. The molecule has 1 saturated carbocycles. The summed E-state index contributed by atoms with van der Waals surface area (Å²) >= 11 is 0. The van der Waals surface area contributed by atoms with Crippen LogP contribution in [0.15, 0.2) is 18.2 Å². The van der Waals surface area contributed by atoms with E-state index in [0.717, 1.165) is 24.8 Å². The molecule has 6 nitrogen and oxygen atoms in total. The highest BCUT2D eigenvalue weighted by molar-refractivity contribution is 5.84. The molecule has 2 atom stereocenters. The van der Waals surface area contributed by atoms with Crippen molar-refractivity contribution in [2.75, 3.05) is 0 Å².